The van der Waals surface area contributed by atoms with Crippen molar-refractivity contribution in [2.24, 2.45) is 0 Å². The van der Waals surface area contributed by atoms with Crippen molar-refractivity contribution in [3.63, 3.8) is 0 Å². The predicted molar refractivity (Wildman–Crippen MR) is 79.6 cm³/mol. The molecule has 0 unspecified atom stereocenters. The molecule has 1 N–H and O–H groups in total. The Bertz CT molecular complexity index is 648. The minimum absolute atomic E-state index is 0.127. The van der Waals surface area contributed by atoms with Crippen LogP contribution in [0.15, 0.2) is 5.38 Å². The number of nitrogens with one attached hydrogen (secondary N) is 1. The van der Waals surface area contributed by atoms with Gasteiger partial charge in [0.1, 0.15) is 6.10 Å². The van der Waals surface area contributed by atoms with Gasteiger partial charge in [0, 0.05) is 17.3 Å². The van der Waals surface area contributed by atoms with Gasteiger partial charge in [0.05, 0.1) is 13.2 Å². The molecule has 3 rings (SSSR count). The number of morpholine rings is 1. The van der Waals surface area contributed by atoms with E-state index in [0.717, 1.165) is 5.82 Å². The molecule has 118 valence electrons. The maximum atomic E-state index is 12.3. The number of carbonyl (C=O) groups is 1. The predicted octanol–water partition coefficient (Wildman–Crippen LogP) is 1.17. The van der Waals surface area contributed by atoms with Gasteiger partial charge in [-0.2, -0.15) is 5.10 Å². The highest BCUT2D eigenvalue weighted by molar-refractivity contribution is 7.03. The molecule has 22 heavy (non-hydrogen) atoms. The summed E-state index contributed by atoms with van der Waals surface area (Å²) in [5.41, 5.74) is 0.240. The molecule has 1 fully saturated rings. The number of H-pyrrole nitrogens is 1. The van der Waals surface area contributed by atoms with Crippen molar-refractivity contribution < 1.29 is 9.53 Å². The number of amides is 1. The average Bonchev–Trinajstić information content (AvgIpc) is 3.17. The van der Waals surface area contributed by atoms with E-state index in [0.29, 0.717) is 31.2 Å². The van der Waals surface area contributed by atoms with E-state index < -0.39 is 0 Å². The van der Waals surface area contributed by atoms with Crippen molar-refractivity contribution >= 4 is 17.4 Å². The lowest BCUT2D eigenvalue weighted by Gasteiger charge is -2.31. The monoisotopic (exact) mass is 322 g/mol. The standard InChI is InChI=1S/C13H18N6O2S/c1-13(2,3)12-14-10(16-17-12)9-6-19(4-5-21-9)11(20)8-7-22-18-15-8/h7,9H,4-6H2,1-3H3,(H,14,16,17)/t9-/m0/s1. The number of nitrogens with zero attached hydrogens (tertiary/aromatic N) is 5. The zero-order chi connectivity index (χ0) is 15.7. The molecule has 1 amide bonds. The zero-order valence-corrected chi connectivity index (χ0v) is 13.6. The number of aromatic amines is 1. The molecular weight excluding hydrogens is 304 g/mol. The summed E-state index contributed by atoms with van der Waals surface area (Å²) in [6.45, 7) is 7.56. The van der Waals surface area contributed by atoms with Crippen LogP contribution in [0.3, 0.4) is 0 Å². The summed E-state index contributed by atoms with van der Waals surface area (Å²) < 4.78 is 9.46. The number of hydrogen-bond donors (Lipinski definition) is 1. The van der Waals surface area contributed by atoms with Crippen LogP contribution in [-0.2, 0) is 10.2 Å². The van der Waals surface area contributed by atoms with Crippen LogP contribution >= 0.6 is 11.5 Å². The lowest BCUT2D eigenvalue weighted by atomic mass is 9.96. The van der Waals surface area contributed by atoms with Gasteiger partial charge in [-0.3, -0.25) is 9.89 Å². The average molecular weight is 322 g/mol. The van der Waals surface area contributed by atoms with E-state index in [9.17, 15) is 4.79 Å². The van der Waals surface area contributed by atoms with E-state index in [-0.39, 0.29) is 17.4 Å². The number of carbonyl (C=O) groups excluding carboxylic acids is 1. The highest BCUT2D eigenvalue weighted by Crippen LogP contribution is 2.23. The molecule has 0 aliphatic carbocycles. The first-order chi connectivity index (χ1) is 10.4. The van der Waals surface area contributed by atoms with Gasteiger partial charge in [-0.15, -0.1) is 5.10 Å². The van der Waals surface area contributed by atoms with E-state index >= 15 is 0 Å². The molecule has 9 heteroatoms. The fourth-order valence-electron chi connectivity index (χ4n) is 2.17. The van der Waals surface area contributed by atoms with Crippen LogP contribution in [0.25, 0.3) is 0 Å². The number of hydrogen-bond acceptors (Lipinski definition) is 7. The van der Waals surface area contributed by atoms with E-state index in [1.165, 1.54) is 11.5 Å². The summed E-state index contributed by atoms with van der Waals surface area (Å²) in [4.78, 5) is 18.5. The van der Waals surface area contributed by atoms with Gasteiger partial charge in [0.25, 0.3) is 5.91 Å². The maximum Gasteiger partial charge on any atom is 0.275 e. The van der Waals surface area contributed by atoms with Crippen LogP contribution in [0.4, 0.5) is 0 Å². The lowest BCUT2D eigenvalue weighted by molar-refractivity contribution is -0.0268. The Morgan fingerprint density at radius 3 is 2.95 bits per heavy atom. The van der Waals surface area contributed by atoms with Gasteiger partial charge in [-0.05, 0) is 11.5 Å². The van der Waals surface area contributed by atoms with Gasteiger partial charge < -0.3 is 9.64 Å². The normalized spacial score (nSPS) is 19.4. The third kappa shape index (κ3) is 3.00. The van der Waals surface area contributed by atoms with E-state index in [1.54, 1.807) is 10.3 Å². The molecule has 0 bridgehead atoms. The van der Waals surface area contributed by atoms with Gasteiger partial charge in [-0.1, -0.05) is 25.3 Å². The van der Waals surface area contributed by atoms with Crippen LogP contribution in [0.1, 0.15) is 49.0 Å². The number of ether oxygens (including phenoxy) is 1. The second-order valence-corrected chi connectivity index (χ2v) is 6.80. The molecule has 0 spiro atoms. The molecular formula is C13H18N6O2S. The fourth-order valence-corrected chi connectivity index (χ4v) is 2.60. The molecule has 0 saturated carbocycles. The van der Waals surface area contributed by atoms with Crippen molar-refractivity contribution in [1.29, 1.82) is 0 Å². The van der Waals surface area contributed by atoms with Gasteiger partial charge >= 0.3 is 0 Å². The molecule has 2 aromatic rings. The van der Waals surface area contributed by atoms with Crippen LogP contribution in [0.5, 0.6) is 0 Å². The third-order valence-electron chi connectivity index (χ3n) is 3.41. The summed E-state index contributed by atoms with van der Waals surface area (Å²) in [6, 6.07) is 0. The van der Waals surface area contributed by atoms with Crippen molar-refractivity contribution in [3.8, 4) is 0 Å². The Labute approximate surface area is 132 Å². The van der Waals surface area contributed by atoms with Gasteiger partial charge in [0.15, 0.2) is 17.3 Å². The van der Waals surface area contributed by atoms with Gasteiger partial charge in [-0.25, -0.2) is 4.98 Å². The Hall–Kier alpha value is -1.87. The van der Waals surface area contributed by atoms with Gasteiger partial charge in [0.2, 0.25) is 0 Å². The highest BCUT2D eigenvalue weighted by atomic mass is 32.1. The number of aromatic nitrogens is 5. The molecule has 2 aromatic heterocycles. The highest BCUT2D eigenvalue weighted by Gasteiger charge is 2.30. The van der Waals surface area contributed by atoms with Crippen LogP contribution in [0.2, 0.25) is 0 Å². The largest absolute Gasteiger partial charge is 0.367 e. The first kappa shape index (κ1) is 15.0. The summed E-state index contributed by atoms with van der Waals surface area (Å²) in [7, 11) is 0. The molecule has 1 aliphatic rings. The lowest BCUT2D eigenvalue weighted by Crippen LogP contribution is -2.42. The Kier molecular flexibility index (Phi) is 3.92. The fraction of sp³-hybridized carbons (Fsp3) is 0.615. The summed E-state index contributed by atoms with van der Waals surface area (Å²) in [5, 5.41) is 12.6. The minimum Gasteiger partial charge on any atom is -0.367 e. The van der Waals surface area contributed by atoms with Crippen LogP contribution in [0, 0.1) is 0 Å². The Morgan fingerprint density at radius 1 is 1.50 bits per heavy atom. The third-order valence-corrected chi connectivity index (χ3v) is 3.92. The minimum atomic E-state index is -0.298. The quantitative estimate of drug-likeness (QED) is 0.891. The Balaban J connectivity index is 1.73. The first-order valence-corrected chi connectivity index (χ1v) is 7.89. The molecule has 1 saturated heterocycles. The molecule has 1 aliphatic heterocycles. The second kappa shape index (κ2) is 5.73. The van der Waals surface area contributed by atoms with Crippen LogP contribution < -0.4 is 0 Å². The van der Waals surface area contributed by atoms with E-state index in [2.05, 4.69) is 24.8 Å². The molecule has 0 radical (unpaired) electrons. The summed E-state index contributed by atoms with van der Waals surface area (Å²) in [6.07, 6.45) is -0.298. The van der Waals surface area contributed by atoms with Crippen molar-refractivity contribution in [3.05, 3.63) is 22.7 Å². The summed E-state index contributed by atoms with van der Waals surface area (Å²) in [5.74, 6) is 1.26. The molecule has 8 nitrogen and oxygen atoms in total. The maximum absolute atomic E-state index is 12.3. The van der Waals surface area contributed by atoms with Crippen LogP contribution in [-0.4, -0.2) is 55.3 Å². The molecule has 1 atom stereocenters. The van der Waals surface area contributed by atoms with E-state index in [1.807, 2.05) is 20.8 Å². The SMILES string of the molecule is CC(C)(C)c1n[nH]c([C@@H]2CN(C(=O)c3csnn3)CCO2)n1. The molecule has 3 heterocycles. The van der Waals surface area contributed by atoms with Crippen molar-refractivity contribution in [2.75, 3.05) is 19.7 Å². The smallest absolute Gasteiger partial charge is 0.275 e. The first-order valence-electron chi connectivity index (χ1n) is 7.06. The second-order valence-electron chi connectivity index (χ2n) is 6.20. The van der Waals surface area contributed by atoms with E-state index in [4.69, 9.17) is 4.74 Å². The van der Waals surface area contributed by atoms with Crippen molar-refractivity contribution in [1.82, 2.24) is 29.7 Å². The summed E-state index contributed by atoms with van der Waals surface area (Å²) >= 11 is 1.17. The zero-order valence-electron chi connectivity index (χ0n) is 12.7. The molecule has 0 aromatic carbocycles. The number of rotatable bonds is 2. The van der Waals surface area contributed by atoms with Crippen molar-refractivity contribution in [2.45, 2.75) is 32.3 Å². The Morgan fingerprint density at radius 2 is 2.32 bits per heavy atom. The topological polar surface area (TPSA) is 96.9 Å².